The van der Waals surface area contributed by atoms with Crippen molar-refractivity contribution in [1.29, 1.82) is 5.26 Å². The number of rotatable bonds is 4. The molecule has 0 saturated heterocycles. The van der Waals surface area contributed by atoms with Crippen LogP contribution >= 0.6 is 22.9 Å². The SMILES string of the molecule is N#C[C@H](C(=O)C(=O)Nc1nccs1)c1ccccc1Cl. The Balaban J connectivity index is 2.20. The van der Waals surface area contributed by atoms with E-state index in [-0.39, 0.29) is 5.02 Å². The number of benzene rings is 1. The number of ketones is 1. The fourth-order valence-corrected chi connectivity index (χ4v) is 2.32. The number of nitriles is 1. The van der Waals surface area contributed by atoms with Gasteiger partial charge in [0.2, 0.25) is 5.78 Å². The largest absolute Gasteiger partial charge is 0.295 e. The number of anilines is 1. The molecular weight excluding hydrogens is 298 g/mol. The first kappa shape index (κ1) is 14.2. The number of halogens is 1. The van der Waals surface area contributed by atoms with Crippen LogP contribution in [0.25, 0.3) is 0 Å². The van der Waals surface area contributed by atoms with E-state index in [0.717, 1.165) is 0 Å². The predicted octanol–water partition coefficient (Wildman–Crippen LogP) is 2.61. The number of carbonyl (C=O) groups is 2. The molecule has 2 aromatic rings. The van der Waals surface area contributed by atoms with Crippen molar-refractivity contribution in [2.24, 2.45) is 0 Å². The van der Waals surface area contributed by atoms with Crippen LogP contribution in [0.2, 0.25) is 5.02 Å². The van der Waals surface area contributed by atoms with Gasteiger partial charge in [0.25, 0.3) is 5.91 Å². The van der Waals surface area contributed by atoms with Crippen molar-refractivity contribution in [2.75, 3.05) is 5.32 Å². The zero-order chi connectivity index (χ0) is 14.5. The van der Waals surface area contributed by atoms with Crippen molar-refractivity contribution in [2.45, 2.75) is 5.92 Å². The van der Waals surface area contributed by atoms with Crippen molar-refractivity contribution in [3.05, 3.63) is 46.4 Å². The van der Waals surface area contributed by atoms with Gasteiger partial charge >= 0.3 is 0 Å². The van der Waals surface area contributed by atoms with Gasteiger partial charge in [-0.25, -0.2) is 4.98 Å². The molecule has 0 saturated carbocycles. The maximum absolute atomic E-state index is 12.0. The molecule has 20 heavy (non-hydrogen) atoms. The first-order chi connectivity index (χ1) is 9.63. The highest BCUT2D eigenvalue weighted by Crippen LogP contribution is 2.25. The van der Waals surface area contributed by atoms with Crippen LogP contribution in [0.15, 0.2) is 35.8 Å². The molecule has 0 unspecified atom stereocenters. The van der Waals surface area contributed by atoms with Crippen LogP contribution in [0, 0.1) is 11.3 Å². The lowest BCUT2D eigenvalue weighted by molar-refractivity contribution is -0.135. The van der Waals surface area contributed by atoms with Crippen molar-refractivity contribution in [3.8, 4) is 6.07 Å². The number of Topliss-reactive ketones (excluding diaryl/α,β-unsaturated/α-hetero) is 1. The minimum absolute atomic E-state index is 0.273. The summed E-state index contributed by atoms with van der Waals surface area (Å²) < 4.78 is 0. The summed E-state index contributed by atoms with van der Waals surface area (Å²) in [6.45, 7) is 0. The highest BCUT2D eigenvalue weighted by Gasteiger charge is 2.28. The zero-order valence-corrected chi connectivity index (χ0v) is 11.6. The molecule has 1 atom stereocenters. The Morgan fingerprint density at radius 3 is 2.75 bits per heavy atom. The summed E-state index contributed by atoms with van der Waals surface area (Å²) in [6.07, 6.45) is 1.50. The minimum atomic E-state index is -1.23. The quantitative estimate of drug-likeness (QED) is 0.880. The van der Waals surface area contributed by atoms with Crippen LogP contribution in [0.3, 0.4) is 0 Å². The van der Waals surface area contributed by atoms with Gasteiger partial charge in [-0.05, 0) is 11.6 Å². The number of nitrogens with one attached hydrogen (secondary N) is 1. The molecule has 0 bridgehead atoms. The van der Waals surface area contributed by atoms with Crippen LogP contribution in [0.1, 0.15) is 11.5 Å². The summed E-state index contributed by atoms with van der Waals surface area (Å²) in [5.74, 6) is -2.98. The maximum atomic E-state index is 12.0. The highest BCUT2D eigenvalue weighted by molar-refractivity contribution is 7.13. The number of hydrogen-bond donors (Lipinski definition) is 1. The number of hydrogen-bond acceptors (Lipinski definition) is 5. The van der Waals surface area contributed by atoms with Gasteiger partial charge in [0.1, 0.15) is 5.92 Å². The third-order valence-electron chi connectivity index (χ3n) is 2.48. The van der Waals surface area contributed by atoms with Crippen molar-refractivity contribution < 1.29 is 9.59 Å². The molecule has 2 rings (SSSR count). The van der Waals surface area contributed by atoms with Gasteiger partial charge in [-0.15, -0.1) is 11.3 Å². The van der Waals surface area contributed by atoms with Crippen LogP contribution in [0.5, 0.6) is 0 Å². The van der Waals surface area contributed by atoms with Crippen LogP contribution in [-0.2, 0) is 9.59 Å². The summed E-state index contributed by atoms with van der Waals surface area (Å²) >= 11 is 7.13. The van der Waals surface area contributed by atoms with Gasteiger partial charge in [0, 0.05) is 16.6 Å². The molecule has 5 nitrogen and oxygen atoms in total. The molecular formula is C13H8ClN3O2S. The van der Waals surface area contributed by atoms with E-state index < -0.39 is 17.6 Å². The summed E-state index contributed by atoms with van der Waals surface area (Å²) in [5.41, 5.74) is 0.316. The Morgan fingerprint density at radius 2 is 2.15 bits per heavy atom. The molecule has 1 N–H and O–H groups in total. The Labute approximate surface area is 123 Å². The number of carbonyl (C=O) groups excluding carboxylic acids is 2. The van der Waals surface area contributed by atoms with Crippen molar-refractivity contribution in [3.63, 3.8) is 0 Å². The van der Waals surface area contributed by atoms with Crippen LogP contribution < -0.4 is 5.32 Å². The first-order valence-electron chi connectivity index (χ1n) is 5.52. The molecule has 0 aliphatic carbocycles. The van der Waals surface area contributed by atoms with Crippen LogP contribution in [0.4, 0.5) is 5.13 Å². The smallest absolute Gasteiger partial charge is 0.295 e. The van der Waals surface area contributed by atoms with E-state index in [2.05, 4.69) is 10.3 Å². The molecule has 0 spiro atoms. The minimum Gasteiger partial charge on any atom is -0.295 e. The lowest BCUT2D eigenvalue weighted by Crippen LogP contribution is -2.27. The zero-order valence-electron chi connectivity index (χ0n) is 10.0. The molecule has 0 aliphatic heterocycles. The molecule has 1 amide bonds. The van der Waals surface area contributed by atoms with Crippen molar-refractivity contribution in [1.82, 2.24) is 4.98 Å². The molecule has 1 aromatic carbocycles. The normalized spacial score (nSPS) is 11.4. The van der Waals surface area contributed by atoms with E-state index in [0.29, 0.717) is 10.7 Å². The average Bonchev–Trinajstić information content (AvgIpc) is 2.94. The topological polar surface area (TPSA) is 82.8 Å². The van der Waals surface area contributed by atoms with E-state index >= 15 is 0 Å². The molecule has 1 aromatic heterocycles. The average molecular weight is 306 g/mol. The molecule has 0 aliphatic rings. The highest BCUT2D eigenvalue weighted by atomic mass is 35.5. The third-order valence-corrected chi connectivity index (χ3v) is 3.52. The molecule has 1 heterocycles. The number of nitrogens with zero attached hydrogens (tertiary/aromatic N) is 2. The molecule has 7 heteroatoms. The van der Waals surface area contributed by atoms with E-state index in [1.807, 2.05) is 6.07 Å². The van der Waals surface area contributed by atoms with Gasteiger partial charge in [0.05, 0.1) is 6.07 Å². The van der Waals surface area contributed by atoms with Gasteiger partial charge in [0.15, 0.2) is 5.13 Å². The van der Waals surface area contributed by atoms with Gasteiger partial charge in [-0.1, -0.05) is 29.8 Å². The van der Waals surface area contributed by atoms with E-state index in [1.165, 1.54) is 17.5 Å². The summed E-state index contributed by atoms with van der Waals surface area (Å²) in [5, 5.41) is 13.7. The van der Waals surface area contributed by atoms with E-state index in [1.54, 1.807) is 29.6 Å². The summed E-state index contributed by atoms with van der Waals surface area (Å²) in [4.78, 5) is 27.7. The van der Waals surface area contributed by atoms with Crippen molar-refractivity contribution >= 4 is 39.8 Å². The second-order valence-electron chi connectivity index (χ2n) is 3.74. The summed E-state index contributed by atoms with van der Waals surface area (Å²) in [6, 6.07) is 8.25. The first-order valence-corrected chi connectivity index (χ1v) is 6.78. The molecule has 100 valence electrons. The monoisotopic (exact) mass is 305 g/mol. The van der Waals surface area contributed by atoms with Crippen LogP contribution in [-0.4, -0.2) is 16.7 Å². The Morgan fingerprint density at radius 1 is 1.40 bits per heavy atom. The van der Waals surface area contributed by atoms with Gasteiger partial charge in [-0.3, -0.25) is 14.9 Å². The van der Waals surface area contributed by atoms with Gasteiger partial charge in [-0.2, -0.15) is 5.26 Å². The number of amides is 1. The lowest BCUT2D eigenvalue weighted by Gasteiger charge is -2.09. The fraction of sp³-hybridized carbons (Fsp3) is 0.0769. The summed E-state index contributed by atoms with van der Waals surface area (Å²) in [7, 11) is 0. The predicted molar refractivity (Wildman–Crippen MR) is 75.6 cm³/mol. The lowest BCUT2D eigenvalue weighted by atomic mass is 9.95. The standard InChI is InChI=1S/C13H8ClN3O2S/c14-10-4-2-1-3-8(10)9(7-15)11(18)12(19)17-13-16-5-6-20-13/h1-6,9H,(H,16,17,19)/t9-/m0/s1. The van der Waals surface area contributed by atoms with Gasteiger partial charge < -0.3 is 0 Å². The Bertz CT molecular complexity index is 679. The Hall–Kier alpha value is -2.23. The maximum Gasteiger partial charge on any atom is 0.295 e. The second kappa shape index (κ2) is 6.28. The number of thiazole rings is 1. The third kappa shape index (κ3) is 3.02. The Kier molecular flexibility index (Phi) is 4.45. The second-order valence-corrected chi connectivity index (χ2v) is 5.04. The number of aromatic nitrogens is 1. The molecule has 0 radical (unpaired) electrons. The molecule has 0 fully saturated rings. The van der Waals surface area contributed by atoms with E-state index in [9.17, 15) is 9.59 Å². The fourth-order valence-electron chi connectivity index (χ4n) is 1.55. The van der Waals surface area contributed by atoms with E-state index in [4.69, 9.17) is 16.9 Å².